The van der Waals surface area contributed by atoms with Gasteiger partial charge in [0.2, 0.25) is 0 Å². The molecule has 0 saturated carbocycles. The zero-order valence-electron chi connectivity index (χ0n) is 13.0. The molecule has 0 bridgehead atoms. The van der Waals surface area contributed by atoms with Crippen LogP contribution < -0.4 is 10.5 Å². The molecular weight excluding hydrogens is 248 g/mol. The summed E-state index contributed by atoms with van der Waals surface area (Å²) in [5, 5.41) is 7.51. The van der Waals surface area contributed by atoms with E-state index in [-0.39, 0.29) is 11.3 Å². The minimum atomic E-state index is -0.193. The summed E-state index contributed by atoms with van der Waals surface area (Å²) in [7, 11) is 0. The van der Waals surface area contributed by atoms with Gasteiger partial charge in [-0.15, -0.1) is 0 Å². The van der Waals surface area contributed by atoms with Gasteiger partial charge in [-0.1, -0.05) is 39.3 Å². The second kappa shape index (κ2) is 7.93. The van der Waals surface area contributed by atoms with Crippen LogP contribution in [0.5, 0.6) is 5.75 Å². The third-order valence-corrected chi connectivity index (χ3v) is 3.66. The number of hydrogen-bond donors (Lipinski definition) is 2. The molecule has 0 amide bonds. The maximum atomic E-state index is 7.51. The van der Waals surface area contributed by atoms with Gasteiger partial charge in [0.1, 0.15) is 5.75 Å². The molecule has 3 N–H and O–H groups in total. The van der Waals surface area contributed by atoms with E-state index in [4.69, 9.17) is 15.9 Å². The Bertz CT molecular complexity index is 410. The molecule has 0 unspecified atom stereocenters. The monoisotopic (exact) mass is 276 g/mol. The van der Waals surface area contributed by atoms with E-state index in [1.165, 1.54) is 12.0 Å². The third-order valence-electron chi connectivity index (χ3n) is 3.66. The van der Waals surface area contributed by atoms with Crippen LogP contribution >= 0.6 is 0 Å². The second-order valence-electron chi connectivity index (χ2n) is 6.00. The second-order valence-corrected chi connectivity index (χ2v) is 6.00. The predicted molar refractivity (Wildman–Crippen MR) is 85.5 cm³/mol. The molecule has 0 fully saturated rings. The van der Waals surface area contributed by atoms with Crippen LogP contribution in [0.3, 0.4) is 0 Å². The van der Waals surface area contributed by atoms with Crippen molar-refractivity contribution in [2.75, 3.05) is 6.61 Å². The van der Waals surface area contributed by atoms with E-state index in [0.717, 1.165) is 38.0 Å². The SMILES string of the molecule is CCCc1ccc(OCCCCC(C)(C)C(=N)N)cc1. The molecule has 112 valence electrons. The van der Waals surface area contributed by atoms with Gasteiger partial charge in [-0.25, -0.2) is 0 Å². The first-order chi connectivity index (χ1) is 9.45. The van der Waals surface area contributed by atoms with Crippen LogP contribution in [0.15, 0.2) is 24.3 Å². The van der Waals surface area contributed by atoms with E-state index in [9.17, 15) is 0 Å². The number of ether oxygens (including phenoxy) is 1. The minimum absolute atomic E-state index is 0.193. The topological polar surface area (TPSA) is 59.1 Å². The molecule has 3 nitrogen and oxygen atoms in total. The van der Waals surface area contributed by atoms with Crippen LogP contribution in [0.2, 0.25) is 0 Å². The van der Waals surface area contributed by atoms with E-state index in [0.29, 0.717) is 0 Å². The molecular formula is C17H28N2O. The number of aryl methyl sites for hydroxylation is 1. The number of amidine groups is 1. The van der Waals surface area contributed by atoms with Crippen molar-refractivity contribution in [3.8, 4) is 5.75 Å². The maximum Gasteiger partial charge on any atom is 0.119 e. The van der Waals surface area contributed by atoms with Crippen LogP contribution in [-0.4, -0.2) is 12.4 Å². The number of unbranched alkanes of at least 4 members (excludes halogenated alkanes) is 1. The molecule has 0 aliphatic rings. The summed E-state index contributed by atoms with van der Waals surface area (Å²) in [5.41, 5.74) is 6.74. The largest absolute Gasteiger partial charge is 0.494 e. The molecule has 1 aromatic rings. The van der Waals surface area contributed by atoms with E-state index >= 15 is 0 Å². The highest BCUT2D eigenvalue weighted by molar-refractivity contribution is 5.82. The Hall–Kier alpha value is -1.51. The average molecular weight is 276 g/mol. The molecule has 3 heteroatoms. The Morgan fingerprint density at radius 1 is 1.20 bits per heavy atom. The predicted octanol–water partition coefficient (Wildman–Crippen LogP) is 4.15. The van der Waals surface area contributed by atoms with E-state index < -0.39 is 0 Å². The molecule has 0 atom stereocenters. The molecule has 0 aliphatic carbocycles. The van der Waals surface area contributed by atoms with Crippen LogP contribution in [0, 0.1) is 10.8 Å². The van der Waals surface area contributed by atoms with Crippen LogP contribution in [0.1, 0.15) is 52.0 Å². The molecule has 0 radical (unpaired) electrons. The summed E-state index contributed by atoms with van der Waals surface area (Å²) in [4.78, 5) is 0. The van der Waals surface area contributed by atoms with Crippen molar-refractivity contribution in [1.82, 2.24) is 0 Å². The van der Waals surface area contributed by atoms with Crippen molar-refractivity contribution in [3.63, 3.8) is 0 Å². The van der Waals surface area contributed by atoms with Gasteiger partial charge >= 0.3 is 0 Å². The minimum Gasteiger partial charge on any atom is -0.494 e. The van der Waals surface area contributed by atoms with Crippen LogP contribution in [0.25, 0.3) is 0 Å². The lowest BCUT2D eigenvalue weighted by Crippen LogP contribution is -2.30. The Morgan fingerprint density at radius 2 is 1.85 bits per heavy atom. The smallest absolute Gasteiger partial charge is 0.119 e. The Labute approximate surface area is 123 Å². The first-order valence-corrected chi connectivity index (χ1v) is 7.52. The third kappa shape index (κ3) is 5.64. The summed E-state index contributed by atoms with van der Waals surface area (Å²) in [5.74, 6) is 1.21. The summed E-state index contributed by atoms with van der Waals surface area (Å²) in [6.07, 6.45) is 5.25. The summed E-state index contributed by atoms with van der Waals surface area (Å²) in [6, 6.07) is 8.37. The fourth-order valence-electron chi connectivity index (χ4n) is 2.03. The lowest BCUT2D eigenvalue weighted by Gasteiger charge is -2.22. The lowest BCUT2D eigenvalue weighted by atomic mass is 9.86. The van der Waals surface area contributed by atoms with Crippen LogP contribution in [0.4, 0.5) is 0 Å². The first kappa shape index (κ1) is 16.5. The number of nitrogens with two attached hydrogens (primary N) is 1. The van der Waals surface area contributed by atoms with Gasteiger partial charge in [-0.05, 0) is 43.4 Å². The number of hydrogen-bond acceptors (Lipinski definition) is 2. The Balaban J connectivity index is 2.23. The van der Waals surface area contributed by atoms with Gasteiger partial charge in [-0.3, -0.25) is 5.41 Å². The van der Waals surface area contributed by atoms with Crippen molar-refractivity contribution in [2.45, 2.75) is 52.9 Å². The van der Waals surface area contributed by atoms with Crippen molar-refractivity contribution in [1.29, 1.82) is 5.41 Å². The Morgan fingerprint density at radius 3 is 2.40 bits per heavy atom. The lowest BCUT2D eigenvalue weighted by molar-refractivity contribution is 0.296. The van der Waals surface area contributed by atoms with Crippen molar-refractivity contribution < 1.29 is 4.74 Å². The molecule has 1 rings (SSSR count). The quantitative estimate of drug-likeness (QED) is 0.404. The van der Waals surface area contributed by atoms with E-state index in [1.807, 2.05) is 26.0 Å². The van der Waals surface area contributed by atoms with Crippen LogP contribution in [-0.2, 0) is 6.42 Å². The normalized spacial score (nSPS) is 11.3. The highest BCUT2D eigenvalue weighted by Gasteiger charge is 2.20. The number of benzene rings is 1. The van der Waals surface area contributed by atoms with Crippen molar-refractivity contribution >= 4 is 5.84 Å². The fraction of sp³-hybridized carbons (Fsp3) is 0.588. The van der Waals surface area contributed by atoms with Crippen molar-refractivity contribution in [2.24, 2.45) is 11.1 Å². The fourth-order valence-corrected chi connectivity index (χ4v) is 2.03. The van der Waals surface area contributed by atoms with Gasteiger partial charge < -0.3 is 10.5 Å². The van der Waals surface area contributed by atoms with Gasteiger partial charge in [0.25, 0.3) is 0 Å². The van der Waals surface area contributed by atoms with E-state index in [1.54, 1.807) is 0 Å². The molecule has 0 heterocycles. The van der Waals surface area contributed by atoms with Gasteiger partial charge in [0, 0.05) is 5.41 Å². The number of nitrogens with one attached hydrogen (secondary N) is 1. The molecule has 0 aromatic heterocycles. The zero-order chi connectivity index (χ0) is 15.0. The maximum absolute atomic E-state index is 7.51. The molecule has 20 heavy (non-hydrogen) atoms. The van der Waals surface area contributed by atoms with Gasteiger partial charge in [-0.2, -0.15) is 0 Å². The summed E-state index contributed by atoms with van der Waals surface area (Å²) < 4.78 is 5.73. The molecule has 0 spiro atoms. The standard InChI is InChI=1S/C17H28N2O/c1-4-7-14-8-10-15(11-9-14)20-13-6-5-12-17(2,3)16(18)19/h8-11H,4-7,12-13H2,1-3H3,(H3,18,19). The molecule has 0 aliphatic heterocycles. The van der Waals surface area contributed by atoms with Gasteiger partial charge in [0.15, 0.2) is 0 Å². The molecule has 1 aromatic carbocycles. The van der Waals surface area contributed by atoms with E-state index in [2.05, 4.69) is 19.1 Å². The highest BCUT2D eigenvalue weighted by Crippen LogP contribution is 2.22. The summed E-state index contributed by atoms with van der Waals surface area (Å²) >= 11 is 0. The number of rotatable bonds is 9. The van der Waals surface area contributed by atoms with Crippen molar-refractivity contribution in [3.05, 3.63) is 29.8 Å². The Kier molecular flexibility index (Phi) is 6.56. The van der Waals surface area contributed by atoms with Gasteiger partial charge in [0.05, 0.1) is 12.4 Å². The highest BCUT2D eigenvalue weighted by atomic mass is 16.5. The average Bonchev–Trinajstić information content (AvgIpc) is 2.40. The molecule has 0 saturated heterocycles. The summed E-state index contributed by atoms with van der Waals surface area (Å²) in [6.45, 7) is 6.94. The first-order valence-electron chi connectivity index (χ1n) is 7.52. The zero-order valence-corrected chi connectivity index (χ0v) is 13.0.